The van der Waals surface area contributed by atoms with Gasteiger partial charge in [-0.3, -0.25) is 47.9 Å². The molecule has 0 aromatic carbocycles. The van der Waals surface area contributed by atoms with E-state index in [4.69, 9.17) is 77.5 Å². The van der Waals surface area contributed by atoms with Crippen molar-refractivity contribution in [1.82, 2.24) is 0 Å². The van der Waals surface area contributed by atoms with E-state index in [1.165, 1.54) is 6.08 Å². The zero-order valence-corrected chi connectivity index (χ0v) is 73.5. The summed E-state index contributed by atoms with van der Waals surface area (Å²) in [6.07, 6.45) is 29.1. The number of epoxide rings is 5. The molecule has 13 aliphatic heterocycles. The Morgan fingerprint density at radius 1 is 0.472 bits per heavy atom. The number of carbonyl (C=O) groups excluding carboxylic acids is 14. The van der Waals surface area contributed by atoms with Crippen LogP contribution in [0.4, 0.5) is 9.59 Å². The summed E-state index contributed by atoms with van der Waals surface area (Å²) < 4.78 is 110. The number of Topliss-reactive ketones (excluding diaryl/α,β-unsaturated/α-hetero) is 1. The van der Waals surface area contributed by atoms with Crippen molar-refractivity contribution in [2.45, 2.75) is 200 Å². The summed E-state index contributed by atoms with van der Waals surface area (Å²) in [5, 5.41) is 0. The van der Waals surface area contributed by atoms with Gasteiger partial charge in [-0.15, -0.1) is 45.2 Å². The van der Waals surface area contributed by atoms with E-state index in [1.807, 2.05) is 13.8 Å². The number of hydrogen-bond donors (Lipinski definition) is 0. The van der Waals surface area contributed by atoms with E-state index in [1.54, 1.807) is 51.2 Å². The third-order valence-electron chi connectivity index (χ3n) is 17.3. The van der Waals surface area contributed by atoms with Crippen molar-refractivity contribution in [1.29, 1.82) is 0 Å². The third-order valence-corrected chi connectivity index (χ3v) is 17.3. The number of hydrogen-bond acceptors (Lipinski definition) is 37. The maximum atomic E-state index is 11.4. The lowest BCUT2D eigenvalue weighted by Crippen LogP contribution is -2.44. The van der Waals surface area contributed by atoms with Gasteiger partial charge in [0.05, 0.1) is 135 Å². The molecular weight excluding hydrogens is 1650 g/mol. The van der Waals surface area contributed by atoms with Gasteiger partial charge in [0.1, 0.15) is 74.6 Å². The van der Waals surface area contributed by atoms with Crippen LogP contribution in [-0.4, -0.2) is 279 Å². The maximum absolute atomic E-state index is 11.4. The van der Waals surface area contributed by atoms with E-state index < -0.39 is 47.0 Å². The topological polar surface area (TPSA) is 468 Å². The van der Waals surface area contributed by atoms with E-state index >= 15 is 0 Å². The summed E-state index contributed by atoms with van der Waals surface area (Å²) >= 11 is 0. The summed E-state index contributed by atoms with van der Waals surface area (Å²) in [5.41, 5.74) is -1.76. The molecule has 0 aromatic rings. The Balaban J connectivity index is 0.000000681. The van der Waals surface area contributed by atoms with Gasteiger partial charge < -0.3 is 109 Å². The monoisotopic (exact) mass is 1780 g/mol. The molecule has 9 unspecified atom stereocenters. The van der Waals surface area contributed by atoms with E-state index in [0.29, 0.717) is 142 Å². The number of ether oxygens (including phenoxy) is 23. The van der Waals surface area contributed by atoms with Crippen LogP contribution in [0.15, 0.2) is 75.9 Å². The normalized spacial score (nSPS) is 23.0. The summed E-state index contributed by atoms with van der Waals surface area (Å²) in [6, 6.07) is 0. The van der Waals surface area contributed by atoms with Gasteiger partial charge in [0, 0.05) is 51.6 Å². The van der Waals surface area contributed by atoms with Crippen molar-refractivity contribution in [3.05, 3.63) is 75.9 Å². The first-order valence-corrected chi connectivity index (χ1v) is 41.9. The molecule has 0 aliphatic carbocycles. The molecule has 0 bridgehead atoms. The Morgan fingerprint density at radius 2 is 0.944 bits per heavy atom. The van der Waals surface area contributed by atoms with E-state index in [2.05, 4.69) is 90.2 Å². The summed E-state index contributed by atoms with van der Waals surface area (Å²) in [7, 11) is 0. The minimum absolute atomic E-state index is 0.0121. The fraction of sp³-hybridized carbons (Fsp3) is 0.682. The van der Waals surface area contributed by atoms with Gasteiger partial charge in [0.15, 0.2) is 19.5 Å². The lowest BCUT2D eigenvalue weighted by molar-refractivity contribution is -0.174. The highest BCUT2D eigenvalue weighted by molar-refractivity contribution is 5.85. The van der Waals surface area contributed by atoms with E-state index in [9.17, 15) is 67.1 Å². The van der Waals surface area contributed by atoms with Crippen LogP contribution in [-0.2, 0) is 166 Å². The van der Waals surface area contributed by atoms with E-state index in [0.717, 1.165) is 104 Å². The van der Waals surface area contributed by atoms with Gasteiger partial charge in [-0.05, 0) is 112 Å². The van der Waals surface area contributed by atoms with Crippen LogP contribution in [0, 0.1) is 40.9 Å². The molecular formula is C88H132O37. The number of rotatable bonds is 29. The van der Waals surface area contributed by atoms with Gasteiger partial charge in [-0.25, -0.2) is 19.2 Å². The molecule has 0 aromatic heterocycles. The average molecular weight is 1780 g/mol. The minimum atomic E-state index is -0.906. The summed E-state index contributed by atoms with van der Waals surface area (Å²) in [5.74, 6) is -0.0878. The Bertz CT molecular complexity index is 3230. The maximum Gasteiger partial charge on any atom is 0.508 e. The lowest BCUT2D eigenvalue weighted by Gasteiger charge is -2.29. The molecule has 0 radical (unpaired) electrons. The minimum Gasteiger partial charge on any atom is -0.466 e. The molecule has 13 fully saturated rings. The fourth-order valence-electron chi connectivity index (χ4n) is 9.44. The Kier molecular flexibility index (Phi) is 63.5. The molecule has 0 N–H and O–H groups in total. The van der Waals surface area contributed by atoms with Crippen LogP contribution in [0.25, 0.3) is 0 Å². The van der Waals surface area contributed by atoms with Gasteiger partial charge in [0.2, 0.25) is 0 Å². The highest BCUT2D eigenvalue weighted by Crippen LogP contribution is 2.26. The van der Waals surface area contributed by atoms with Crippen LogP contribution < -0.4 is 0 Å². The second-order valence-corrected chi connectivity index (χ2v) is 29.0. The molecule has 13 rings (SSSR count). The van der Waals surface area contributed by atoms with Crippen molar-refractivity contribution < 1.29 is 176 Å². The molecule has 13 aliphatic rings. The number of terminal acetylenes is 1. The molecule has 37 heteroatoms. The highest BCUT2D eigenvalue weighted by atomic mass is 16.7. The number of esters is 11. The van der Waals surface area contributed by atoms with Gasteiger partial charge in [-0.2, -0.15) is 0 Å². The van der Waals surface area contributed by atoms with Crippen LogP contribution >= 0.6 is 0 Å². The molecule has 0 saturated carbocycles. The Hall–Kier alpha value is -9.94. The first kappa shape index (κ1) is 113. The second kappa shape index (κ2) is 70.3. The molecule has 9 atom stereocenters. The predicted octanol–water partition coefficient (Wildman–Crippen LogP) is 9.25. The van der Waals surface area contributed by atoms with Crippen molar-refractivity contribution in [2.75, 3.05) is 159 Å². The number of cyclic esters (lactones) is 11. The van der Waals surface area contributed by atoms with E-state index in [-0.39, 0.29) is 137 Å². The molecule has 706 valence electrons. The molecule has 0 spiro atoms. The molecule has 125 heavy (non-hydrogen) atoms. The smallest absolute Gasteiger partial charge is 0.466 e. The first-order chi connectivity index (χ1) is 60.0. The predicted molar refractivity (Wildman–Crippen MR) is 442 cm³/mol. The van der Waals surface area contributed by atoms with Gasteiger partial charge in [-0.1, -0.05) is 43.0 Å². The highest BCUT2D eigenvalue weighted by Gasteiger charge is 2.43. The first-order valence-electron chi connectivity index (χ1n) is 41.9. The lowest BCUT2D eigenvalue weighted by atomic mass is 9.93. The zero-order valence-electron chi connectivity index (χ0n) is 73.5. The van der Waals surface area contributed by atoms with Crippen LogP contribution in [0.5, 0.6) is 0 Å². The molecule has 37 nitrogen and oxygen atoms in total. The number of ketones is 1. The van der Waals surface area contributed by atoms with Crippen molar-refractivity contribution >= 4 is 83.8 Å². The van der Waals surface area contributed by atoms with Gasteiger partial charge >= 0.3 is 78.0 Å². The van der Waals surface area contributed by atoms with Crippen molar-refractivity contribution in [3.63, 3.8) is 0 Å². The van der Waals surface area contributed by atoms with Crippen LogP contribution in [0.3, 0.4) is 0 Å². The average Bonchev–Trinajstić information content (AvgIpc) is 1.78. The van der Waals surface area contributed by atoms with Gasteiger partial charge in [0.25, 0.3) is 0 Å². The largest absolute Gasteiger partial charge is 0.508 e. The molecule has 13 saturated heterocycles. The Morgan fingerprint density at radius 3 is 1.36 bits per heavy atom. The standard InChI is InChI=1S/C9H12O5.C9H14O3.C8H12O5.C8H12O3.C8H12O2.C8H10O2.C7H14O3.C7H10O2.C6H8O3.C6H10O2.C5H8O2.C4H4O4.C3H6O/c1-3-4-12-7(10)9(2)5-13-8(11)14-6-9;1-2-3-4-9(10)11-6-5-8-7-12-8;1-3-11-6(9)8(2)4-12-7(10)13-5-8;1-2-3-4-8(9)11-6-7-5-10-7;2*1-2-4-7-5-3-6-10-8(7)9;1-3-8-6(2)9-4-7-5-10-7;1-2-6-4-3-5-9-7(6)8;7-5-1-2-6(8)9-4-3-5;1-2-3-7-4-6-5-8-6;6-5-3-1-2-4-7-5;5-3-1-7-4(6)2-8-3;1-3-2-4-3/h3H,1,4-6H2,2H3;2,8H,1,3-7H2;3-5H2,1-2H3;2,7H,1,3-6H2;2,7H,1,3-6H2;1,7H,3-6H2;6-7H,3-5H2,1-2H3;2,6H,1,3-5H2;1-4H2;2,6H,1,3-5H2;1-4H2;1-2H2;3H,2H2,1H3. The quantitative estimate of drug-likeness (QED) is 0.0128. The number of carbonyl (C=O) groups is 14. The van der Waals surface area contributed by atoms with Crippen LogP contribution in [0.2, 0.25) is 0 Å². The SMILES string of the molecule is C#CCC1CCCOC1=O.C=CC1CCCOC1=O.C=CCC1CCCOC1=O.C=CCCC(=O)OCC1CO1.C=CCCC(=O)OCCC1CO1.C=CCOC(=O)C1(C)COC(=O)OC1.C=CCOCC1CO1.CC1CO1.CCOC(=O)C1(C)COC(=O)OC1.CCOC(C)OCC1CO1.O=C1CCCCO1.O=C1CCOC(=O)CC1.O=C1COC(=O)CO1. The molecule has 13 heterocycles. The fourth-order valence-corrected chi connectivity index (χ4v) is 9.44. The summed E-state index contributed by atoms with van der Waals surface area (Å²) in [4.78, 5) is 150. The molecule has 0 amide bonds. The third kappa shape index (κ3) is 63.6. The van der Waals surface area contributed by atoms with Crippen molar-refractivity contribution in [2.24, 2.45) is 28.6 Å². The summed E-state index contributed by atoms with van der Waals surface area (Å²) in [6.45, 7) is 42.5. The number of allylic oxidation sites excluding steroid dienone is 3. The zero-order chi connectivity index (χ0) is 92.9. The second-order valence-electron chi connectivity index (χ2n) is 29.0. The Labute approximate surface area is 732 Å². The van der Waals surface area contributed by atoms with Crippen LogP contribution in [0.1, 0.15) is 164 Å². The van der Waals surface area contributed by atoms with Crippen molar-refractivity contribution in [3.8, 4) is 12.3 Å².